The smallest absolute Gasteiger partial charge is 0.272 e. The van der Waals surface area contributed by atoms with Crippen molar-refractivity contribution in [1.82, 2.24) is 20.1 Å². The van der Waals surface area contributed by atoms with E-state index in [0.29, 0.717) is 28.1 Å². The van der Waals surface area contributed by atoms with Gasteiger partial charge in [-0.2, -0.15) is 9.83 Å². The molecule has 8 heteroatoms. The van der Waals surface area contributed by atoms with E-state index in [1.807, 2.05) is 0 Å². The number of aromatic nitrogens is 4. The highest BCUT2D eigenvalue weighted by molar-refractivity contribution is 5.95. The Kier molecular flexibility index (Phi) is 3.57. The molecular formula is C22H20FN5O2. The van der Waals surface area contributed by atoms with Gasteiger partial charge in [0, 0.05) is 11.5 Å². The highest BCUT2D eigenvalue weighted by Crippen LogP contribution is 2.57. The second-order valence-corrected chi connectivity index (χ2v) is 8.60. The summed E-state index contributed by atoms with van der Waals surface area (Å²) in [5, 5.41) is 19.5. The molecule has 0 radical (unpaired) electrons. The second kappa shape index (κ2) is 6.10. The van der Waals surface area contributed by atoms with E-state index in [4.69, 9.17) is 0 Å². The van der Waals surface area contributed by atoms with Crippen molar-refractivity contribution < 1.29 is 13.9 Å². The summed E-state index contributed by atoms with van der Waals surface area (Å²) in [5.74, 6) is 0.842. The fourth-order valence-electron chi connectivity index (χ4n) is 5.01. The van der Waals surface area contributed by atoms with E-state index in [0.717, 1.165) is 48.9 Å². The molecule has 2 heterocycles. The van der Waals surface area contributed by atoms with Gasteiger partial charge in [-0.1, -0.05) is 12.1 Å². The zero-order valence-corrected chi connectivity index (χ0v) is 16.2. The summed E-state index contributed by atoms with van der Waals surface area (Å²) in [4.78, 5) is 17.6. The highest BCUT2D eigenvalue weighted by Gasteiger charge is 2.51. The van der Waals surface area contributed by atoms with Gasteiger partial charge in [0.15, 0.2) is 11.9 Å². The van der Waals surface area contributed by atoms with Gasteiger partial charge < -0.3 is 10.5 Å². The largest absolute Gasteiger partial charge is 0.619 e. The standard InChI is InChI=1S/C22H20FN5O2/c23-15-4-2-14(3-5-15)22(6-1-7-22)25-21(29)19-17-11-13-10-16(13)20(17)28(26-19)18-12-27(30)9-8-24-18/h2-5,8-9,12-13,16H,1,6-7,10-11H2,(H,25,29)/t13-,16-/m0/s1. The van der Waals surface area contributed by atoms with Crippen LogP contribution < -0.4 is 10.0 Å². The Balaban J connectivity index is 1.37. The van der Waals surface area contributed by atoms with Crippen molar-refractivity contribution in [2.75, 3.05) is 0 Å². The molecule has 152 valence electrons. The number of fused-ring (bicyclic) bond motifs is 3. The molecule has 1 aromatic carbocycles. The predicted molar refractivity (Wildman–Crippen MR) is 104 cm³/mol. The van der Waals surface area contributed by atoms with Crippen molar-refractivity contribution in [3.8, 4) is 5.82 Å². The van der Waals surface area contributed by atoms with Crippen molar-refractivity contribution in [1.29, 1.82) is 0 Å². The Labute approximate surface area is 172 Å². The average Bonchev–Trinajstić information content (AvgIpc) is 3.20. The summed E-state index contributed by atoms with van der Waals surface area (Å²) in [6.07, 6.45) is 8.68. The minimum Gasteiger partial charge on any atom is -0.619 e. The zero-order chi connectivity index (χ0) is 20.5. The molecule has 3 aliphatic carbocycles. The maximum Gasteiger partial charge on any atom is 0.272 e. The first kappa shape index (κ1) is 17.6. The summed E-state index contributed by atoms with van der Waals surface area (Å²) in [6, 6.07) is 6.35. The average molecular weight is 405 g/mol. The summed E-state index contributed by atoms with van der Waals surface area (Å²) in [5.41, 5.74) is 2.82. The van der Waals surface area contributed by atoms with Crippen LogP contribution in [0.4, 0.5) is 4.39 Å². The Morgan fingerprint density at radius 3 is 2.80 bits per heavy atom. The Morgan fingerprint density at radius 2 is 2.10 bits per heavy atom. The predicted octanol–water partition coefficient (Wildman–Crippen LogP) is 2.51. The van der Waals surface area contributed by atoms with Crippen LogP contribution in [0.25, 0.3) is 5.82 Å². The number of halogens is 1. The first-order valence-corrected chi connectivity index (χ1v) is 10.3. The summed E-state index contributed by atoms with van der Waals surface area (Å²) < 4.78 is 15.7. The minimum atomic E-state index is -0.480. The molecule has 0 saturated heterocycles. The van der Waals surface area contributed by atoms with E-state index in [1.54, 1.807) is 16.8 Å². The molecule has 0 unspecified atom stereocenters. The fraction of sp³-hybridized carbons (Fsp3) is 0.364. The van der Waals surface area contributed by atoms with Crippen molar-refractivity contribution in [2.45, 2.75) is 43.6 Å². The quantitative estimate of drug-likeness (QED) is 0.534. The Morgan fingerprint density at radius 1 is 1.30 bits per heavy atom. The number of carbonyl (C=O) groups is 1. The monoisotopic (exact) mass is 405 g/mol. The number of hydrogen-bond donors (Lipinski definition) is 1. The molecule has 0 spiro atoms. The molecule has 0 aliphatic heterocycles. The van der Waals surface area contributed by atoms with Crippen LogP contribution in [0.3, 0.4) is 0 Å². The summed E-state index contributed by atoms with van der Waals surface area (Å²) in [7, 11) is 0. The third-order valence-corrected chi connectivity index (χ3v) is 6.82. The molecular weight excluding hydrogens is 385 g/mol. The van der Waals surface area contributed by atoms with Crippen LogP contribution in [0.1, 0.15) is 58.9 Å². The first-order chi connectivity index (χ1) is 14.5. The molecule has 7 nitrogen and oxygen atoms in total. The van der Waals surface area contributed by atoms with Gasteiger partial charge in [-0.25, -0.2) is 14.1 Å². The number of hydrogen-bond acceptors (Lipinski definition) is 4. The van der Waals surface area contributed by atoms with Gasteiger partial charge in [0.05, 0.1) is 17.4 Å². The van der Waals surface area contributed by atoms with Crippen LogP contribution in [-0.4, -0.2) is 20.7 Å². The van der Waals surface area contributed by atoms with Gasteiger partial charge in [-0.05, 0) is 55.7 Å². The minimum absolute atomic E-state index is 0.221. The van der Waals surface area contributed by atoms with E-state index < -0.39 is 5.54 Å². The molecule has 6 rings (SSSR count). The lowest BCUT2D eigenvalue weighted by molar-refractivity contribution is -0.605. The van der Waals surface area contributed by atoms with Crippen LogP contribution in [0, 0.1) is 16.9 Å². The van der Waals surface area contributed by atoms with Crippen molar-refractivity contribution in [3.63, 3.8) is 0 Å². The lowest BCUT2D eigenvalue weighted by Crippen LogP contribution is -2.51. The lowest BCUT2D eigenvalue weighted by atomic mass is 9.71. The molecule has 1 amide bonds. The van der Waals surface area contributed by atoms with E-state index in [9.17, 15) is 14.4 Å². The van der Waals surface area contributed by atoms with E-state index in [2.05, 4.69) is 15.4 Å². The van der Waals surface area contributed by atoms with Crippen LogP contribution in [0.5, 0.6) is 0 Å². The van der Waals surface area contributed by atoms with Crippen molar-refractivity contribution >= 4 is 5.91 Å². The molecule has 2 aromatic heterocycles. The molecule has 3 aliphatic rings. The Bertz CT molecular complexity index is 1170. The molecule has 2 fully saturated rings. The molecule has 0 bridgehead atoms. The number of carbonyl (C=O) groups excluding carboxylic acids is 1. The molecule has 2 saturated carbocycles. The van der Waals surface area contributed by atoms with Gasteiger partial charge in [0.2, 0.25) is 12.0 Å². The number of amides is 1. The van der Waals surface area contributed by atoms with Crippen LogP contribution in [0.2, 0.25) is 0 Å². The van der Waals surface area contributed by atoms with Gasteiger partial charge in [0.1, 0.15) is 5.82 Å². The first-order valence-electron chi connectivity index (χ1n) is 10.3. The Hall–Kier alpha value is -3.29. The van der Waals surface area contributed by atoms with Crippen molar-refractivity contribution in [3.05, 3.63) is 76.4 Å². The number of rotatable bonds is 4. The topological polar surface area (TPSA) is 86.8 Å². The second-order valence-electron chi connectivity index (χ2n) is 8.60. The number of nitrogens with one attached hydrogen (secondary N) is 1. The van der Waals surface area contributed by atoms with Crippen LogP contribution in [-0.2, 0) is 12.0 Å². The maximum absolute atomic E-state index is 13.4. The summed E-state index contributed by atoms with van der Waals surface area (Å²) >= 11 is 0. The zero-order valence-electron chi connectivity index (χ0n) is 16.2. The fourth-order valence-corrected chi connectivity index (χ4v) is 5.01. The molecule has 2 atom stereocenters. The molecule has 1 N–H and O–H groups in total. The highest BCUT2D eigenvalue weighted by atomic mass is 19.1. The van der Waals surface area contributed by atoms with E-state index >= 15 is 0 Å². The number of benzene rings is 1. The van der Waals surface area contributed by atoms with Gasteiger partial charge in [-0.3, -0.25) is 4.79 Å². The molecule has 3 aromatic rings. The SMILES string of the molecule is O=C(NC1(c2ccc(F)cc2)CCC1)c1nn(-c2c[n+]([O-])ccn2)c2c1C[C@@H]1C[C@H]21. The third kappa shape index (κ3) is 2.56. The third-order valence-electron chi connectivity index (χ3n) is 6.82. The van der Waals surface area contributed by atoms with Gasteiger partial charge in [0.25, 0.3) is 5.91 Å². The normalized spacial score (nSPS) is 22.7. The molecule has 30 heavy (non-hydrogen) atoms. The van der Waals surface area contributed by atoms with Crippen LogP contribution in [0.15, 0.2) is 42.9 Å². The van der Waals surface area contributed by atoms with Gasteiger partial charge in [-0.15, -0.1) is 0 Å². The van der Waals surface area contributed by atoms with Crippen LogP contribution >= 0.6 is 0 Å². The van der Waals surface area contributed by atoms with Gasteiger partial charge >= 0.3 is 0 Å². The lowest BCUT2D eigenvalue weighted by Gasteiger charge is -2.43. The maximum atomic E-state index is 13.4. The van der Waals surface area contributed by atoms with E-state index in [1.165, 1.54) is 30.7 Å². The van der Waals surface area contributed by atoms with Crippen molar-refractivity contribution in [2.24, 2.45) is 5.92 Å². The summed E-state index contributed by atoms with van der Waals surface area (Å²) in [6.45, 7) is 0. The number of nitrogens with zero attached hydrogens (tertiary/aromatic N) is 4. The van der Waals surface area contributed by atoms with E-state index in [-0.39, 0.29) is 11.7 Å².